The summed E-state index contributed by atoms with van der Waals surface area (Å²) in [4.78, 5) is 19.9. The van der Waals surface area contributed by atoms with E-state index < -0.39 is 0 Å². The molecule has 1 aromatic rings. The molecule has 20 heavy (non-hydrogen) atoms. The third-order valence-electron chi connectivity index (χ3n) is 3.96. The van der Waals surface area contributed by atoms with Crippen molar-refractivity contribution in [2.75, 3.05) is 13.1 Å². The molecule has 1 aliphatic rings. The highest BCUT2D eigenvalue weighted by Crippen LogP contribution is 2.29. The summed E-state index contributed by atoms with van der Waals surface area (Å²) in [7, 11) is 0. The fourth-order valence-corrected chi connectivity index (χ4v) is 3.66. The summed E-state index contributed by atoms with van der Waals surface area (Å²) in [5.41, 5.74) is 8.59. The molecule has 2 atom stereocenters. The van der Waals surface area contributed by atoms with E-state index in [4.69, 9.17) is 5.73 Å². The number of rotatable bonds is 2. The SMILES string of the molecule is CC(N)C1CCCN(C(=O)c2scnc2C(C)(C)C)C1. The van der Waals surface area contributed by atoms with Gasteiger partial charge in [0, 0.05) is 24.5 Å². The quantitative estimate of drug-likeness (QED) is 0.912. The van der Waals surface area contributed by atoms with Gasteiger partial charge in [-0.05, 0) is 25.7 Å². The molecule has 1 fully saturated rings. The van der Waals surface area contributed by atoms with Crippen molar-refractivity contribution in [1.82, 2.24) is 9.88 Å². The first-order chi connectivity index (χ1) is 9.30. The van der Waals surface area contributed by atoms with Gasteiger partial charge in [0.15, 0.2) is 0 Å². The minimum Gasteiger partial charge on any atom is -0.338 e. The van der Waals surface area contributed by atoms with Gasteiger partial charge in [0.25, 0.3) is 5.91 Å². The Morgan fingerprint density at radius 1 is 1.55 bits per heavy atom. The highest BCUT2D eigenvalue weighted by molar-refractivity contribution is 7.11. The van der Waals surface area contributed by atoms with E-state index >= 15 is 0 Å². The topological polar surface area (TPSA) is 59.2 Å². The summed E-state index contributed by atoms with van der Waals surface area (Å²) >= 11 is 1.45. The van der Waals surface area contributed by atoms with Crippen molar-refractivity contribution < 1.29 is 4.79 Å². The maximum Gasteiger partial charge on any atom is 0.265 e. The Labute approximate surface area is 125 Å². The summed E-state index contributed by atoms with van der Waals surface area (Å²) in [6.07, 6.45) is 2.16. The molecule has 0 aliphatic carbocycles. The Morgan fingerprint density at radius 3 is 2.85 bits per heavy atom. The van der Waals surface area contributed by atoms with Crippen molar-refractivity contribution in [1.29, 1.82) is 0 Å². The predicted octanol–water partition coefficient (Wildman–Crippen LogP) is 2.64. The lowest BCUT2D eigenvalue weighted by Gasteiger charge is -2.34. The van der Waals surface area contributed by atoms with Crippen LogP contribution in [0, 0.1) is 5.92 Å². The fourth-order valence-electron chi connectivity index (χ4n) is 2.70. The molecule has 112 valence electrons. The van der Waals surface area contributed by atoms with Crippen molar-refractivity contribution in [3.8, 4) is 0 Å². The Kier molecular flexibility index (Phi) is 4.49. The Hall–Kier alpha value is -0.940. The van der Waals surface area contributed by atoms with Gasteiger partial charge in [-0.25, -0.2) is 4.98 Å². The van der Waals surface area contributed by atoms with Crippen molar-refractivity contribution in [3.05, 3.63) is 16.1 Å². The minimum atomic E-state index is -0.0959. The molecule has 0 saturated carbocycles. The number of likely N-dealkylation sites (tertiary alicyclic amines) is 1. The van der Waals surface area contributed by atoms with Gasteiger partial charge in [0.2, 0.25) is 0 Å². The van der Waals surface area contributed by atoms with E-state index in [-0.39, 0.29) is 17.4 Å². The van der Waals surface area contributed by atoms with Gasteiger partial charge < -0.3 is 10.6 Å². The van der Waals surface area contributed by atoms with E-state index in [9.17, 15) is 4.79 Å². The zero-order valence-electron chi connectivity index (χ0n) is 12.8. The Morgan fingerprint density at radius 2 is 2.25 bits per heavy atom. The first kappa shape index (κ1) is 15.4. The van der Waals surface area contributed by atoms with Gasteiger partial charge in [0.05, 0.1) is 11.2 Å². The summed E-state index contributed by atoms with van der Waals surface area (Å²) < 4.78 is 0. The molecule has 5 heteroatoms. The van der Waals surface area contributed by atoms with Crippen LogP contribution in [0.4, 0.5) is 0 Å². The second-order valence-corrected chi connectivity index (χ2v) is 7.65. The highest BCUT2D eigenvalue weighted by atomic mass is 32.1. The Bertz CT molecular complexity index is 476. The lowest BCUT2D eigenvalue weighted by molar-refractivity contribution is 0.0663. The van der Waals surface area contributed by atoms with E-state index in [2.05, 4.69) is 25.8 Å². The smallest absolute Gasteiger partial charge is 0.265 e. The van der Waals surface area contributed by atoms with Crippen molar-refractivity contribution in [2.45, 2.75) is 52.0 Å². The molecular formula is C15H25N3OS. The number of piperidine rings is 1. The third-order valence-corrected chi connectivity index (χ3v) is 4.78. The zero-order chi connectivity index (χ0) is 14.9. The number of hydrogen-bond donors (Lipinski definition) is 1. The standard InChI is InChI=1S/C15H25N3OS/c1-10(16)11-6-5-7-18(8-11)14(19)12-13(15(2,3)4)17-9-20-12/h9-11H,5-8,16H2,1-4H3. The maximum atomic E-state index is 12.8. The molecule has 1 aromatic heterocycles. The number of nitrogens with two attached hydrogens (primary N) is 1. The number of carbonyl (C=O) groups is 1. The number of carbonyl (C=O) groups excluding carboxylic acids is 1. The molecule has 1 aliphatic heterocycles. The molecule has 2 unspecified atom stereocenters. The first-order valence-corrected chi connectivity index (χ1v) is 8.17. The third kappa shape index (κ3) is 3.20. The van der Waals surface area contributed by atoms with Crippen LogP contribution in [-0.4, -0.2) is 34.9 Å². The van der Waals surface area contributed by atoms with Crippen LogP contribution in [0.2, 0.25) is 0 Å². The van der Waals surface area contributed by atoms with Crippen molar-refractivity contribution >= 4 is 17.2 Å². The van der Waals surface area contributed by atoms with E-state index in [0.29, 0.717) is 5.92 Å². The average molecular weight is 295 g/mol. The van der Waals surface area contributed by atoms with Crippen LogP contribution in [0.25, 0.3) is 0 Å². The van der Waals surface area contributed by atoms with Gasteiger partial charge in [-0.3, -0.25) is 4.79 Å². The van der Waals surface area contributed by atoms with E-state index in [1.54, 1.807) is 5.51 Å². The van der Waals surface area contributed by atoms with Crippen LogP contribution in [0.1, 0.15) is 55.9 Å². The van der Waals surface area contributed by atoms with Gasteiger partial charge >= 0.3 is 0 Å². The predicted molar refractivity (Wildman–Crippen MR) is 83.1 cm³/mol. The van der Waals surface area contributed by atoms with Crippen molar-refractivity contribution in [2.24, 2.45) is 11.7 Å². The Balaban J connectivity index is 2.18. The summed E-state index contributed by atoms with van der Waals surface area (Å²) in [6, 6.07) is 0.147. The molecule has 0 aromatic carbocycles. The van der Waals surface area contributed by atoms with Crippen LogP contribution in [-0.2, 0) is 5.41 Å². The number of amides is 1. The molecule has 2 rings (SSSR count). The van der Waals surface area contributed by atoms with Crippen LogP contribution in [0.3, 0.4) is 0 Å². The first-order valence-electron chi connectivity index (χ1n) is 7.29. The molecule has 0 radical (unpaired) electrons. The molecule has 2 heterocycles. The van der Waals surface area contributed by atoms with Crippen molar-refractivity contribution in [3.63, 3.8) is 0 Å². The second kappa shape index (κ2) is 5.82. The van der Waals surface area contributed by atoms with Crippen LogP contribution >= 0.6 is 11.3 Å². The summed E-state index contributed by atoms with van der Waals surface area (Å²) in [6.45, 7) is 9.94. The summed E-state index contributed by atoms with van der Waals surface area (Å²) in [5.74, 6) is 0.543. The van der Waals surface area contributed by atoms with E-state index in [0.717, 1.165) is 36.5 Å². The van der Waals surface area contributed by atoms with Gasteiger partial charge in [-0.1, -0.05) is 20.8 Å². The second-order valence-electron chi connectivity index (χ2n) is 6.79. The van der Waals surface area contributed by atoms with Gasteiger partial charge in [0.1, 0.15) is 4.88 Å². The van der Waals surface area contributed by atoms with Crippen LogP contribution in [0.5, 0.6) is 0 Å². The average Bonchev–Trinajstić information content (AvgIpc) is 2.87. The largest absolute Gasteiger partial charge is 0.338 e. The molecule has 0 spiro atoms. The fraction of sp³-hybridized carbons (Fsp3) is 0.733. The summed E-state index contributed by atoms with van der Waals surface area (Å²) in [5, 5.41) is 0. The van der Waals surface area contributed by atoms with Crippen LogP contribution in [0.15, 0.2) is 5.51 Å². The number of nitrogens with zero attached hydrogens (tertiary/aromatic N) is 2. The molecule has 1 saturated heterocycles. The number of thiazole rings is 1. The highest BCUT2D eigenvalue weighted by Gasteiger charge is 2.31. The lowest BCUT2D eigenvalue weighted by Crippen LogP contribution is -2.45. The number of hydrogen-bond acceptors (Lipinski definition) is 4. The zero-order valence-corrected chi connectivity index (χ0v) is 13.7. The van der Waals surface area contributed by atoms with Crippen LogP contribution < -0.4 is 5.73 Å². The maximum absolute atomic E-state index is 12.8. The molecule has 1 amide bonds. The molecular weight excluding hydrogens is 270 g/mol. The number of aromatic nitrogens is 1. The monoisotopic (exact) mass is 295 g/mol. The van der Waals surface area contributed by atoms with E-state index in [1.165, 1.54) is 11.3 Å². The van der Waals surface area contributed by atoms with Gasteiger partial charge in [-0.15, -0.1) is 11.3 Å². The lowest BCUT2D eigenvalue weighted by atomic mass is 9.90. The van der Waals surface area contributed by atoms with Gasteiger partial charge in [-0.2, -0.15) is 0 Å². The molecule has 4 nitrogen and oxygen atoms in total. The normalized spacial score (nSPS) is 21.9. The molecule has 2 N–H and O–H groups in total. The van der Waals surface area contributed by atoms with E-state index in [1.807, 2.05) is 11.8 Å². The molecule has 0 bridgehead atoms. The minimum absolute atomic E-state index is 0.0959.